The summed E-state index contributed by atoms with van der Waals surface area (Å²) < 4.78 is 11.4. The van der Waals surface area contributed by atoms with Crippen LogP contribution in [0, 0.1) is 0 Å². The molecular formula is C17H18BrNO3. The number of hydrogen-bond acceptors (Lipinski definition) is 3. The number of nitrogens with one attached hydrogen (secondary N) is 1. The van der Waals surface area contributed by atoms with E-state index < -0.39 is 0 Å². The molecule has 0 heterocycles. The summed E-state index contributed by atoms with van der Waals surface area (Å²) in [5.74, 6) is 0.990. The van der Waals surface area contributed by atoms with E-state index in [1.807, 2.05) is 31.2 Å². The standard InChI is InChI=1S/C17H18BrNO3/c1-11(12-5-4-6-14(18)7-12)19-17(20)13-8-15(21-2)10-16(9-13)22-3/h4-11H,1-3H3,(H,19,20)/t11-/m0/s1. The van der Waals surface area contributed by atoms with Gasteiger partial charge in [-0.15, -0.1) is 0 Å². The second-order valence-electron chi connectivity index (χ2n) is 4.85. The molecule has 0 unspecified atom stereocenters. The van der Waals surface area contributed by atoms with Crippen molar-refractivity contribution in [2.24, 2.45) is 0 Å². The van der Waals surface area contributed by atoms with Crippen LogP contribution in [0.4, 0.5) is 0 Å². The van der Waals surface area contributed by atoms with Gasteiger partial charge in [0.15, 0.2) is 0 Å². The first-order valence-corrected chi connectivity index (χ1v) is 7.62. The number of benzene rings is 2. The lowest BCUT2D eigenvalue weighted by Gasteiger charge is -2.15. The Morgan fingerprint density at radius 1 is 1.09 bits per heavy atom. The van der Waals surface area contributed by atoms with E-state index in [1.165, 1.54) is 0 Å². The van der Waals surface area contributed by atoms with Gasteiger partial charge >= 0.3 is 0 Å². The van der Waals surface area contributed by atoms with Crippen molar-refractivity contribution >= 4 is 21.8 Å². The summed E-state index contributed by atoms with van der Waals surface area (Å²) in [6.07, 6.45) is 0. The topological polar surface area (TPSA) is 47.6 Å². The van der Waals surface area contributed by atoms with Gasteiger partial charge in [-0.25, -0.2) is 0 Å². The SMILES string of the molecule is COc1cc(OC)cc(C(=O)N[C@@H](C)c2cccc(Br)c2)c1. The Labute approximate surface area is 138 Å². The first-order chi connectivity index (χ1) is 10.5. The Kier molecular flexibility index (Phi) is 5.44. The summed E-state index contributed by atoms with van der Waals surface area (Å²) in [7, 11) is 3.11. The van der Waals surface area contributed by atoms with Crippen LogP contribution in [0.1, 0.15) is 28.9 Å². The minimum atomic E-state index is -0.176. The largest absolute Gasteiger partial charge is 0.497 e. The number of carbonyl (C=O) groups is 1. The highest BCUT2D eigenvalue weighted by molar-refractivity contribution is 9.10. The highest BCUT2D eigenvalue weighted by Gasteiger charge is 2.14. The maximum absolute atomic E-state index is 12.4. The van der Waals surface area contributed by atoms with Gasteiger partial charge in [-0.2, -0.15) is 0 Å². The van der Waals surface area contributed by atoms with E-state index in [4.69, 9.17) is 9.47 Å². The summed E-state index contributed by atoms with van der Waals surface area (Å²) in [5.41, 5.74) is 1.52. The van der Waals surface area contributed by atoms with Crippen LogP contribution in [0.15, 0.2) is 46.9 Å². The molecule has 22 heavy (non-hydrogen) atoms. The molecule has 2 rings (SSSR count). The molecule has 4 nitrogen and oxygen atoms in total. The zero-order valence-electron chi connectivity index (χ0n) is 12.7. The summed E-state index contributed by atoms with van der Waals surface area (Å²) in [6, 6.07) is 12.8. The van der Waals surface area contributed by atoms with Crippen LogP contribution >= 0.6 is 15.9 Å². The Bertz CT molecular complexity index is 650. The van der Waals surface area contributed by atoms with Gasteiger partial charge in [-0.05, 0) is 36.8 Å². The van der Waals surface area contributed by atoms with Gasteiger partial charge in [0.25, 0.3) is 5.91 Å². The fraction of sp³-hybridized carbons (Fsp3) is 0.235. The zero-order valence-corrected chi connectivity index (χ0v) is 14.3. The first kappa shape index (κ1) is 16.4. The summed E-state index contributed by atoms with van der Waals surface area (Å²) in [6.45, 7) is 1.94. The van der Waals surface area contributed by atoms with Gasteiger partial charge in [0.2, 0.25) is 0 Å². The van der Waals surface area contributed by atoms with E-state index >= 15 is 0 Å². The molecule has 0 saturated carbocycles. The molecule has 0 spiro atoms. The number of rotatable bonds is 5. The fourth-order valence-electron chi connectivity index (χ4n) is 2.08. The number of methoxy groups -OCH3 is 2. The lowest BCUT2D eigenvalue weighted by Crippen LogP contribution is -2.26. The number of amides is 1. The van der Waals surface area contributed by atoms with Crippen LogP contribution in [0.5, 0.6) is 11.5 Å². The Balaban J connectivity index is 2.18. The quantitative estimate of drug-likeness (QED) is 0.874. The average molecular weight is 364 g/mol. The summed E-state index contributed by atoms with van der Waals surface area (Å²) in [5, 5.41) is 2.97. The van der Waals surface area contributed by atoms with Crippen molar-refractivity contribution in [3.05, 3.63) is 58.1 Å². The van der Waals surface area contributed by atoms with E-state index in [0.717, 1.165) is 10.0 Å². The molecule has 0 radical (unpaired) electrons. The summed E-state index contributed by atoms with van der Waals surface area (Å²) >= 11 is 3.43. The molecule has 116 valence electrons. The fourth-order valence-corrected chi connectivity index (χ4v) is 2.49. The lowest BCUT2D eigenvalue weighted by molar-refractivity contribution is 0.0939. The number of hydrogen-bond donors (Lipinski definition) is 1. The van der Waals surface area contributed by atoms with Gasteiger partial charge in [0, 0.05) is 16.1 Å². The van der Waals surface area contributed by atoms with E-state index in [0.29, 0.717) is 17.1 Å². The van der Waals surface area contributed by atoms with E-state index in [1.54, 1.807) is 32.4 Å². The third-order valence-electron chi connectivity index (χ3n) is 3.31. The van der Waals surface area contributed by atoms with Crippen molar-refractivity contribution in [1.29, 1.82) is 0 Å². The van der Waals surface area contributed by atoms with E-state index in [9.17, 15) is 4.79 Å². The van der Waals surface area contributed by atoms with Gasteiger partial charge in [-0.1, -0.05) is 28.1 Å². The van der Waals surface area contributed by atoms with Crippen molar-refractivity contribution in [2.45, 2.75) is 13.0 Å². The molecule has 0 aliphatic rings. The van der Waals surface area contributed by atoms with E-state index in [-0.39, 0.29) is 11.9 Å². The third-order valence-corrected chi connectivity index (χ3v) is 3.80. The number of ether oxygens (including phenoxy) is 2. The van der Waals surface area contributed by atoms with Gasteiger partial charge < -0.3 is 14.8 Å². The molecule has 2 aromatic carbocycles. The highest BCUT2D eigenvalue weighted by Crippen LogP contribution is 2.23. The zero-order chi connectivity index (χ0) is 16.1. The molecule has 1 amide bonds. The molecule has 0 saturated heterocycles. The first-order valence-electron chi connectivity index (χ1n) is 6.83. The minimum absolute atomic E-state index is 0.109. The summed E-state index contributed by atoms with van der Waals surface area (Å²) in [4.78, 5) is 12.4. The number of carbonyl (C=O) groups excluding carboxylic acids is 1. The molecule has 0 fully saturated rings. The maximum atomic E-state index is 12.4. The average Bonchev–Trinajstić information content (AvgIpc) is 2.54. The molecule has 0 aliphatic heterocycles. The van der Waals surface area contributed by atoms with Crippen LogP contribution in [0.2, 0.25) is 0 Å². The third kappa shape index (κ3) is 4.01. The molecule has 0 aromatic heterocycles. The van der Waals surface area contributed by atoms with Gasteiger partial charge in [-0.3, -0.25) is 4.79 Å². The molecular weight excluding hydrogens is 346 g/mol. The monoisotopic (exact) mass is 363 g/mol. The minimum Gasteiger partial charge on any atom is -0.497 e. The smallest absolute Gasteiger partial charge is 0.252 e. The Morgan fingerprint density at radius 2 is 1.73 bits per heavy atom. The molecule has 2 aromatic rings. The molecule has 1 atom stereocenters. The van der Waals surface area contributed by atoms with Crippen LogP contribution in [0.25, 0.3) is 0 Å². The molecule has 0 aliphatic carbocycles. The van der Waals surface area contributed by atoms with Crippen molar-refractivity contribution in [3.63, 3.8) is 0 Å². The Morgan fingerprint density at radius 3 is 2.27 bits per heavy atom. The maximum Gasteiger partial charge on any atom is 0.252 e. The van der Waals surface area contributed by atoms with Crippen LogP contribution in [0.3, 0.4) is 0 Å². The van der Waals surface area contributed by atoms with Crippen LogP contribution in [-0.4, -0.2) is 20.1 Å². The Hall–Kier alpha value is -2.01. The number of halogens is 1. The van der Waals surface area contributed by atoms with Crippen molar-refractivity contribution in [3.8, 4) is 11.5 Å². The second kappa shape index (κ2) is 7.31. The van der Waals surface area contributed by atoms with Crippen molar-refractivity contribution in [2.75, 3.05) is 14.2 Å². The van der Waals surface area contributed by atoms with Crippen LogP contribution in [-0.2, 0) is 0 Å². The predicted molar refractivity (Wildman–Crippen MR) is 89.6 cm³/mol. The van der Waals surface area contributed by atoms with Crippen molar-refractivity contribution < 1.29 is 14.3 Å². The molecule has 1 N–H and O–H groups in total. The normalized spacial score (nSPS) is 11.6. The van der Waals surface area contributed by atoms with Gasteiger partial charge in [0.05, 0.1) is 20.3 Å². The van der Waals surface area contributed by atoms with Crippen molar-refractivity contribution in [1.82, 2.24) is 5.32 Å². The second-order valence-corrected chi connectivity index (χ2v) is 5.77. The lowest BCUT2D eigenvalue weighted by atomic mass is 10.1. The molecule has 0 bridgehead atoms. The van der Waals surface area contributed by atoms with Crippen LogP contribution < -0.4 is 14.8 Å². The van der Waals surface area contributed by atoms with E-state index in [2.05, 4.69) is 21.2 Å². The molecule has 5 heteroatoms. The predicted octanol–water partition coefficient (Wildman–Crippen LogP) is 3.96. The highest BCUT2D eigenvalue weighted by atomic mass is 79.9. The van der Waals surface area contributed by atoms with Gasteiger partial charge in [0.1, 0.15) is 11.5 Å².